The summed E-state index contributed by atoms with van der Waals surface area (Å²) in [6.07, 6.45) is -5.03. The molecule has 0 aromatic heterocycles. The summed E-state index contributed by atoms with van der Waals surface area (Å²) in [5, 5.41) is 11.3. The summed E-state index contributed by atoms with van der Waals surface area (Å²) in [5.74, 6) is -1.62. The number of hydrogen-bond acceptors (Lipinski definition) is 7. The van der Waals surface area contributed by atoms with E-state index in [0.29, 0.717) is 25.3 Å². The van der Waals surface area contributed by atoms with Crippen molar-refractivity contribution >= 4 is 23.3 Å². The van der Waals surface area contributed by atoms with Crippen LogP contribution >= 0.6 is 0 Å². The van der Waals surface area contributed by atoms with Crippen molar-refractivity contribution in [3.63, 3.8) is 0 Å². The minimum absolute atomic E-state index is 0.0722. The third kappa shape index (κ3) is 4.60. The summed E-state index contributed by atoms with van der Waals surface area (Å²) in [4.78, 5) is 35.9. The number of piperidine rings is 1. The number of hydrogen-bond donors (Lipinski definition) is 0. The largest absolute Gasteiger partial charge is 0.460 e. The first-order chi connectivity index (χ1) is 13.6. The van der Waals surface area contributed by atoms with Crippen LogP contribution in [0.4, 0.5) is 24.5 Å². The molecule has 2 atom stereocenters. The molecule has 8 nitrogen and oxygen atoms in total. The lowest BCUT2D eigenvalue weighted by atomic mass is 9.96. The van der Waals surface area contributed by atoms with E-state index in [2.05, 4.69) is 0 Å². The monoisotopic (exact) mass is 416 g/mol. The van der Waals surface area contributed by atoms with Crippen LogP contribution in [0.3, 0.4) is 0 Å². The quantitative estimate of drug-likeness (QED) is 0.423. The van der Waals surface area contributed by atoms with Crippen molar-refractivity contribution in [2.45, 2.75) is 44.6 Å². The predicted octanol–water partition coefficient (Wildman–Crippen LogP) is 3.08. The van der Waals surface area contributed by atoms with Crippen molar-refractivity contribution < 1.29 is 37.2 Å². The van der Waals surface area contributed by atoms with Gasteiger partial charge in [0.05, 0.1) is 16.4 Å². The summed E-state index contributed by atoms with van der Waals surface area (Å²) in [5.41, 5.74) is -1.66. The van der Waals surface area contributed by atoms with Crippen LogP contribution in [0.25, 0.3) is 0 Å². The van der Waals surface area contributed by atoms with Crippen LogP contribution in [0.5, 0.6) is 0 Å². The molecule has 2 saturated heterocycles. The van der Waals surface area contributed by atoms with Gasteiger partial charge >= 0.3 is 18.1 Å². The van der Waals surface area contributed by atoms with Crippen molar-refractivity contribution in [3.05, 3.63) is 33.9 Å². The van der Waals surface area contributed by atoms with Gasteiger partial charge in [-0.25, -0.2) is 4.79 Å². The molecule has 0 aliphatic carbocycles. The summed E-state index contributed by atoms with van der Waals surface area (Å²) >= 11 is 0. The second kappa shape index (κ2) is 7.88. The maximum Gasteiger partial charge on any atom is 0.416 e. The number of carbonyl (C=O) groups excluding carboxylic acids is 2. The smallest absolute Gasteiger partial charge is 0.416 e. The highest BCUT2D eigenvalue weighted by Gasteiger charge is 2.38. The lowest BCUT2D eigenvalue weighted by molar-refractivity contribution is -0.384. The molecule has 158 valence electrons. The highest BCUT2D eigenvalue weighted by atomic mass is 19.4. The first-order valence-electron chi connectivity index (χ1n) is 9.08. The van der Waals surface area contributed by atoms with E-state index in [4.69, 9.17) is 9.47 Å². The van der Waals surface area contributed by atoms with Crippen molar-refractivity contribution in [1.29, 1.82) is 0 Å². The Hall–Kier alpha value is -2.85. The molecule has 11 heteroatoms. The Kier molecular flexibility index (Phi) is 5.67. The lowest BCUT2D eigenvalue weighted by Crippen LogP contribution is -2.38. The van der Waals surface area contributed by atoms with Crippen LogP contribution in [0, 0.1) is 16.0 Å². The number of rotatable bonds is 4. The molecule has 3 rings (SSSR count). The van der Waals surface area contributed by atoms with Gasteiger partial charge in [-0.2, -0.15) is 13.2 Å². The topological polar surface area (TPSA) is 99.0 Å². The molecule has 1 aromatic rings. The van der Waals surface area contributed by atoms with Crippen molar-refractivity contribution in [1.82, 2.24) is 0 Å². The molecular weight excluding hydrogens is 397 g/mol. The molecule has 0 saturated carbocycles. The average molecular weight is 416 g/mol. The van der Waals surface area contributed by atoms with Gasteiger partial charge in [-0.15, -0.1) is 0 Å². The van der Waals surface area contributed by atoms with Gasteiger partial charge in [0.25, 0.3) is 5.69 Å². The van der Waals surface area contributed by atoms with E-state index in [-0.39, 0.29) is 24.9 Å². The zero-order chi connectivity index (χ0) is 21.3. The molecule has 29 heavy (non-hydrogen) atoms. The third-order valence-electron chi connectivity index (χ3n) is 5.05. The molecule has 2 heterocycles. The van der Waals surface area contributed by atoms with Gasteiger partial charge in [0, 0.05) is 25.6 Å². The number of carbonyl (C=O) groups is 2. The zero-order valence-corrected chi connectivity index (χ0v) is 15.5. The number of nitrogens with zero attached hydrogens (tertiary/aromatic N) is 2. The SMILES string of the molecule is C[C@@H]1C[C@@H](OC(=O)C2CCN(c3ccc(C(F)(F)F)cc3[N+](=O)[O-])CC2)C(=O)O1. The number of halogens is 3. The lowest BCUT2D eigenvalue weighted by Gasteiger charge is -2.32. The Morgan fingerprint density at radius 3 is 2.48 bits per heavy atom. The van der Waals surface area contributed by atoms with Crippen LogP contribution in [-0.2, 0) is 25.2 Å². The fourth-order valence-electron chi connectivity index (χ4n) is 3.52. The second-order valence-electron chi connectivity index (χ2n) is 7.13. The van der Waals surface area contributed by atoms with Gasteiger partial charge in [-0.3, -0.25) is 14.9 Å². The Balaban J connectivity index is 1.65. The van der Waals surface area contributed by atoms with E-state index in [0.717, 1.165) is 12.1 Å². The summed E-state index contributed by atoms with van der Waals surface area (Å²) < 4.78 is 48.7. The minimum Gasteiger partial charge on any atom is -0.460 e. The highest BCUT2D eigenvalue weighted by Crippen LogP contribution is 2.37. The maximum absolute atomic E-state index is 12.8. The van der Waals surface area contributed by atoms with Crippen molar-refractivity contribution in [3.8, 4) is 0 Å². The van der Waals surface area contributed by atoms with E-state index in [9.17, 15) is 32.9 Å². The van der Waals surface area contributed by atoms with Gasteiger partial charge in [0.15, 0.2) is 0 Å². The highest BCUT2D eigenvalue weighted by molar-refractivity contribution is 5.82. The molecule has 0 amide bonds. The molecule has 1 aromatic carbocycles. The Morgan fingerprint density at radius 2 is 1.97 bits per heavy atom. The molecule has 2 aliphatic rings. The first kappa shape index (κ1) is 20.9. The van der Waals surface area contributed by atoms with Crippen LogP contribution in [0.15, 0.2) is 18.2 Å². The average Bonchev–Trinajstić information content (AvgIpc) is 2.97. The van der Waals surface area contributed by atoms with Crippen LogP contribution in [0.1, 0.15) is 31.7 Å². The molecule has 2 fully saturated rings. The van der Waals surface area contributed by atoms with Gasteiger partial charge in [0.2, 0.25) is 6.10 Å². The number of nitro benzene ring substituents is 1. The fraction of sp³-hybridized carbons (Fsp3) is 0.556. The van der Waals surface area contributed by atoms with Crippen molar-refractivity contribution in [2.75, 3.05) is 18.0 Å². The van der Waals surface area contributed by atoms with Crippen LogP contribution < -0.4 is 4.90 Å². The van der Waals surface area contributed by atoms with E-state index < -0.39 is 46.3 Å². The zero-order valence-electron chi connectivity index (χ0n) is 15.5. The number of nitro groups is 1. The number of ether oxygens (including phenoxy) is 2. The molecule has 0 bridgehead atoms. The Bertz CT molecular complexity index is 820. The molecule has 0 N–H and O–H groups in total. The Labute approximate surface area is 163 Å². The van der Waals surface area contributed by atoms with E-state index in [1.807, 2.05) is 0 Å². The molecule has 2 aliphatic heterocycles. The molecule has 0 unspecified atom stereocenters. The van der Waals surface area contributed by atoms with E-state index in [1.54, 1.807) is 11.8 Å². The first-order valence-corrected chi connectivity index (χ1v) is 9.08. The van der Waals surface area contributed by atoms with Gasteiger partial charge in [-0.05, 0) is 31.9 Å². The minimum atomic E-state index is -4.68. The Morgan fingerprint density at radius 1 is 1.31 bits per heavy atom. The predicted molar refractivity (Wildman–Crippen MR) is 93.1 cm³/mol. The summed E-state index contributed by atoms with van der Waals surface area (Å²) in [6, 6.07) is 2.40. The summed E-state index contributed by atoms with van der Waals surface area (Å²) in [7, 11) is 0. The fourth-order valence-corrected chi connectivity index (χ4v) is 3.52. The number of cyclic esters (lactones) is 1. The van der Waals surface area contributed by atoms with Gasteiger partial charge in [-0.1, -0.05) is 0 Å². The van der Waals surface area contributed by atoms with Crippen LogP contribution in [0.2, 0.25) is 0 Å². The molecule has 0 spiro atoms. The van der Waals surface area contributed by atoms with E-state index in [1.165, 1.54) is 0 Å². The van der Waals surface area contributed by atoms with Crippen molar-refractivity contribution in [2.24, 2.45) is 5.92 Å². The number of anilines is 1. The normalized spacial score (nSPS) is 23.0. The standard InChI is InChI=1S/C18H19F3N2O6/c1-10-8-15(17(25)28-10)29-16(24)11-4-6-22(7-5-11)13-3-2-12(18(19,20)21)9-14(13)23(26)27/h2-3,9-11,15H,4-8H2,1H3/t10-,15-/m1/s1. The number of benzene rings is 1. The van der Waals surface area contributed by atoms with Gasteiger partial charge < -0.3 is 14.4 Å². The van der Waals surface area contributed by atoms with Crippen LogP contribution in [-0.4, -0.2) is 42.2 Å². The molecule has 0 radical (unpaired) electrons. The number of alkyl halides is 3. The third-order valence-corrected chi connectivity index (χ3v) is 5.05. The second-order valence-corrected chi connectivity index (χ2v) is 7.13. The molecular formula is C18H19F3N2O6. The maximum atomic E-state index is 12.8. The van der Waals surface area contributed by atoms with E-state index >= 15 is 0 Å². The summed E-state index contributed by atoms with van der Waals surface area (Å²) in [6.45, 7) is 2.16. The number of esters is 2. The van der Waals surface area contributed by atoms with Gasteiger partial charge in [0.1, 0.15) is 11.8 Å².